The number of nitrogens with one attached hydrogen (secondary N) is 1. The lowest BCUT2D eigenvalue weighted by Gasteiger charge is -2.19. The smallest absolute Gasteiger partial charge is 0.255 e. The number of anilines is 1. The molecule has 0 spiro atoms. The Morgan fingerprint density at radius 1 is 0.852 bits per heavy atom. The van der Waals surface area contributed by atoms with Crippen LogP contribution in [0.4, 0.5) is 5.69 Å². The lowest BCUT2D eigenvalue weighted by atomic mass is 9.87. The summed E-state index contributed by atoms with van der Waals surface area (Å²) in [5.41, 5.74) is 3.59. The minimum absolute atomic E-state index is 0.0668. The maximum absolute atomic E-state index is 12.8. The van der Waals surface area contributed by atoms with Crippen LogP contribution in [0.5, 0.6) is 0 Å². The van der Waals surface area contributed by atoms with Crippen molar-refractivity contribution in [3.63, 3.8) is 0 Å². The molecule has 27 heavy (non-hydrogen) atoms. The normalized spacial score (nSPS) is 11.7. The first-order chi connectivity index (χ1) is 12.9. The number of fused-ring (bicyclic) bond motifs is 3. The van der Waals surface area contributed by atoms with Gasteiger partial charge in [0, 0.05) is 22.5 Å². The lowest BCUT2D eigenvalue weighted by Crippen LogP contribution is -2.14. The van der Waals surface area contributed by atoms with Crippen LogP contribution in [0, 0.1) is 0 Å². The molecule has 134 valence electrons. The predicted molar refractivity (Wildman–Crippen MR) is 112 cm³/mol. The molecule has 0 unspecified atom stereocenters. The zero-order valence-electron chi connectivity index (χ0n) is 15.8. The van der Waals surface area contributed by atoms with Gasteiger partial charge in [-0.2, -0.15) is 0 Å². The summed E-state index contributed by atoms with van der Waals surface area (Å²) in [6, 6.07) is 21.9. The Morgan fingerprint density at radius 3 is 2.33 bits per heavy atom. The van der Waals surface area contributed by atoms with Gasteiger partial charge < -0.3 is 5.32 Å². The van der Waals surface area contributed by atoms with E-state index >= 15 is 0 Å². The van der Waals surface area contributed by atoms with Crippen molar-refractivity contribution < 1.29 is 4.79 Å². The van der Waals surface area contributed by atoms with Crippen LogP contribution in [0.2, 0.25) is 0 Å². The summed E-state index contributed by atoms with van der Waals surface area (Å²) in [5.74, 6) is -0.115. The Kier molecular flexibility index (Phi) is 4.15. The molecule has 0 bridgehead atoms. The van der Waals surface area contributed by atoms with E-state index in [1.165, 1.54) is 5.56 Å². The van der Waals surface area contributed by atoms with Crippen LogP contribution in [-0.4, -0.2) is 10.9 Å². The van der Waals surface area contributed by atoms with Crippen molar-refractivity contribution in [1.29, 1.82) is 0 Å². The third-order valence-corrected chi connectivity index (χ3v) is 4.90. The van der Waals surface area contributed by atoms with Crippen molar-refractivity contribution >= 4 is 33.3 Å². The first kappa shape index (κ1) is 17.2. The summed E-state index contributed by atoms with van der Waals surface area (Å²) in [5, 5.41) is 6.21. The molecule has 3 nitrogen and oxygen atoms in total. The van der Waals surface area contributed by atoms with Crippen LogP contribution in [0.25, 0.3) is 21.7 Å². The van der Waals surface area contributed by atoms with Gasteiger partial charge in [-0.3, -0.25) is 9.78 Å². The van der Waals surface area contributed by atoms with E-state index in [9.17, 15) is 4.79 Å². The van der Waals surface area contributed by atoms with Gasteiger partial charge >= 0.3 is 0 Å². The fraction of sp³-hybridized carbons (Fsp3) is 0.167. The van der Waals surface area contributed by atoms with Crippen molar-refractivity contribution in [2.45, 2.75) is 26.2 Å². The molecule has 1 amide bonds. The van der Waals surface area contributed by atoms with Gasteiger partial charge in [-0.05, 0) is 34.6 Å². The number of benzene rings is 3. The number of rotatable bonds is 2. The molecule has 0 aliphatic heterocycles. The Hall–Kier alpha value is -3.20. The largest absolute Gasteiger partial charge is 0.321 e. The second-order valence-electron chi connectivity index (χ2n) is 7.82. The Balaban J connectivity index is 1.69. The van der Waals surface area contributed by atoms with Crippen LogP contribution in [0.3, 0.4) is 0 Å². The van der Waals surface area contributed by atoms with Gasteiger partial charge in [0.05, 0.1) is 11.2 Å². The number of aromatic nitrogens is 1. The zero-order chi connectivity index (χ0) is 19.0. The van der Waals surface area contributed by atoms with Gasteiger partial charge in [0.15, 0.2) is 0 Å². The maximum atomic E-state index is 12.8. The summed E-state index contributed by atoms with van der Waals surface area (Å²) in [6.07, 6.45) is 1.74. The number of pyridine rings is 1. The fourth-order valence-corrected chi connectivity index (χ4v) is 3.31. The van der Waals surface area contributed by atoms with Crippen molar-refractivity contribution in [1.82, 2.24) is 4.98 Å². The van der Waals surface area contributed by atoms with E-state index in [4.69, 9.17) is 0 Å². The lowest BCUT2D eigenvalue weighted by molar-refractivity contribution is 0.102. The first-order valence-electron chi connectivity index (χ1n) is 9.12. The molecule has 1 heterocycles. The van der Waals surface area contributed by atoms with E-state index in [0.717, 1.165) is 27.4 Å². The molecule has 4 rings (SSSR count). The summed E-state index contributed by atoms with van der Waals surface area (Å²) in [4.78, 5) is 17.3. The SMILES string of the molecule is CC(C)(C)c1ccc(C(=O)Nc2ccnc3c2ccc2ccccc23)cc1. The maximum Gasteiger partial charge on any atom is 0.255 e. The van der Waals surface area contributed by atoms with E-state index < -0.39 is 0 Å². The number of carbonyl (C=O) groups excluding carboxylic acids is 1. The fourth-order valence-electron chi connectivity index (χ4n) is 3.31. The number of amides is 1. The van der Waals surface area contributed by atoms with Gasteiger partial charge in [0.2, 0.25) is 0 Å². The second-order valence-corrected chi connectivity index (χ2v) is 7.82. The molecule has 4 aromatic rings. The standard InChI is InChI=1S/C24H22N2O/c1-24(2,3)18-11-8-17(9-12-18)23(27)26-21-14-15-25-22-19-7-5-4-6-16(19)10-13-20(21)22/h4-15H,1-3H3,(H,25,26,27). The molecule has 0 aliphatic carbocycles. The first-order valence-corrected chi connectivity index (χ1v) is 9.12. The Morgan fingerprint density at radius 2 is 1.59 bits per heavy atom. The molecule has 0 saturated carbocycles. The van der Waals surface area contributed by atoms with Gasteiger partial charge in [-0.15, -0.1) is 0 Å². The summed E-state index contributed by atoms with van der Waals surface area (Å²) in [7, 11) is 0. The van der Waals surface area contributed by atoms with Crippen molar-refractivity contribution in [2.24, 2.45) is 0 Å². The highest BCUT2D eigenvalue weighted by molar-refractivity contribution is 6.13. The van der Waals surface area contributed by atoms with E-state index in [0.29, 0.717) is 5.56 Å². The van der Waals surface area contributed by atoms with E-state index in [2.05, 4.69) is 49.3 Å². The van der Waals surface area contributed by atoms with Crippen LogP contribution in [0.1, 0.15) is 36.7 Å². The molecule has 3 aromatic carbocycles. The molecule has 0 atom stereocenters. The predicted octanol–water partition coefficient (Wildman–Crippen LogP) is 5.94. The monoisotopic (exact) mass is 354 g/mol. The minimum atomic E-state index is -0.115. The highest BCUT2D eigenvalue weighted by atomic mass is 16.1. The zero-order valence-corrected chi connectivity index (χ0v) is 15.8. The number of nitrogens with zero attached hydrogens (tertiary/aromatic N) is 1. The third kappa shape index (κ3) is 3.28. The van der Waals surface area contributed by atoms with E-state index in [1.54, 1.807) is 6.20 Å². The molecule has 0 fully saturated rings. The van der Waals surface area contributed by atoms with Crippen LogP contribution in [-0.2, 0) is 5.41 Å². The number of hydrogen-bond acceptors (Lipinski definition) is 2. The van der Waals surface area contributed by atoms with Crippen LogP contribution < -0.4 is 5.32 Å². The average Bonchev–Trinajstić information content (AvgIpc) is 2.67. The van der Waals surface area contributed by atoms with Crippen molar-refractivity contribution in [2.75, 3.05) is 5.32 Å². The molecule has 0 aliphatic rings. The van der Waals surface area contributed by atoms with Crippen LogP contribution in [0.15, 0.2) is 72.9 Å². The minimum Gasteiger partial charge on any atom is -0.321 e. The molecule has 3 heteroatoms. The van der Waals surface area contributed by atoms with E-state index in [-0.39, 0.29) is 11.3 Å². The van der Waals surface area contributed by atoms with Gasteiger partial charge in [0.25, 0.3) is 5.91 Å². The summed E-state index contributed by atoms with van der Waals surface area (Å²) >= 11 is 0. The van der Waals surface area contributed by atoms with Crippen molar-refractivity contribution in [3.8, 4) is 0 Å². The number of carbonyl (C=O) groups is 1. The van der Waals surface area contributed by atoms with Gasteiger partial charge in [-0.1, -0.05) is 69.3 Å². The Labute approximate surface area is 159 Å². The van der Waals surface area contributed by atoms with E-state index in [1.807, 2.05) is 48.5 Å². The molecular weight excluding hydrogens is 332 g/mol. The highest BCUT2D eigenvalue weighted by Crippen LogP contribution is 2.29. The summed E-state index contributed by atoms with van der Waals surface area (Å²) < 4.78 is 0. The average molecular weight is 354 g/mol. The van der Waals surface area contributed by atoms with Gasteiger partial charge in [0.1, 0.15) is 0 Å². The quantitative estimate of drug-likeness (QED) is 0.453. The van der Waals surface area contributed by atoms with Crippen LogP contribution >= 0.6 is 0 Å². The molecule has 1 N–H and O–H groups in total. The Bertz CT molecular complexity index is 1140. The number of hydrogen-bond donors (Lipinski definition) is 1. The third-order valence-electron chi connectivity index (χ3n) is 4.90. The topological polar surface area (TPSA) is 42.0 Å². The summed E-state index contributed by atoms with van der Waals surface area (Å²) in [6.45, 7) is 6.49. The second kappa shape index (κ2) is 6.51. The van der Waals surface area contributed by atoms with Crippen molar-refractivity contribution in [3.05, 3.63) is 84.1 Å². The highest BCUT2D eigenvalue weighted by Gasteiger charge is 2.15. The molecule has 0 radical (unpaired) electrons. The van der Waals surface area contributed by atoms with Gasteiger partial charge in [-0.25, -0.2) is 0 Å². The molecular formula is C24H22N2O. The molecule has 0 saturated heterocycles. The molecule has 1 aromatic heterocycles.